The number of likely N-dealkylation sites (tertiary alicyclic amines) is 1. The summed E-state index contributed by atoms with van der Waals surface area (Å²) < 4.78 is 0. The molecule has 1 fully saturated rings. The van der Waals surface area contributed by atoms with E-state index in [1.54, 1.807) is 13.8 Å². The number of hydrogen-bond acceptors (Lipinski definition) is 3. The van der Waals surface area contributed by atoms with Crippen LogP contribution in [0.1, 0.15) is 46.0 Å². The Morgan fingerprint density at radius 1 is 1.15 bits per heavy atom. The molecule has 20 heavy (non-hydrogen) atoms. The van der Waals surface area contributed by atoms with Crippen molar-refractivity contribution in [3.63, 3.8) is 0 Å². The number of carboxylic acids is 1. The molecule has 1 heterocycles. The normalized spacial score (nSPS) is 15.2. The summed E-state index contributed by atoms with van der Waals surface area (Å²) in [5, 5.41) is 11.4. The SMILES string of the molecule is CC(C)(CC(=O)O)CC(=O)NCCC(=O)N1CCCC1. The summed E-state index contributed by atoms with van der Waals surface area (Å²) in [7, 11) is 0. The van der Waals surface area contributed by atoms with E-state index in [-0.39, 0.29) is 24.7 Å². The van der Waals surface area contributed by atoms with Crippen LogP contribution in [0.3, 0.4) is 0 Å². The van der Waals surface area contributed by atoms with Crippen LogP contribution in [0.25, 0.3) is 0 Å². The number of carbonyl (C=O) groups excluding carboxylic acids is 2. The molecule has 0 aliphatic carbocycles. The van der Waals surface area contributed by atoms with E-state index < -0.39 is 11.4 Å². The first-order valence-electron chi connectivity index (χ1n) is 7.06. The molecule has 1 saturated heterocycles. The van der Waals surface area contributed by atoms with Crippen molar-refractivity contribution in [2.75, 3.05) is 19.6 Å². The van der Waals surface area contributed by atoms with Crippen LogP contribution in [-0.4, -0.2) is 47.4 Å². The van der Waals surface area contributed by atoms with Gasteiger partial charge in [0, 0.05) is 32.5 Å². The summed E-state index contributed by atoms with van der Waals surface area (Å²) in [6, 6.07) is 0. The fraction of sp³-hybridized carbons (Fsp3) is 0.786. The molecule has 0 unspecified atom stereocenters. The van der Waals surface area contributed by atoms with E-state index in [4.69, 9.17) is 5.11 Å². The number of amides is 2. The summed E-state index contributed by atoms with van der Waals surface area (Å²) in [5.41, 5.74) is -0.575. The number of hydrogen-bond donors (Lipinski definition) is 2. The predicted octanol–water partition coefficient (Wildman–Crippen LogP) is 1.01. The largest absolute Gasteiger partial charge is 0.481 e. The number of aliphatic carboxylic acids is 1. The van der Waals surface area contributed by atoms with Gasteiger partial charge in [-0.1, -0.05) is 13.8 Å². The Labute approximate surface area is 119 Å². The summed E-state index contributed by atoms with van der Waals surface area (Å²) in [6.07, 6.45) is 2.53. The van der Waals surface area contributed by atoms with Crippen LogP contribution in [0.4, 0.5) is 0 Å². The maximum absolute atomic E-state index is 11.8. The monoisotopic (exact) mass is 284 g/mol. The molecular formula is C14H24N2O4. The van der Waals surface area contributed by atoms with Gasteiger partial charge in [0.2, 0.25) is 11.8 Å². The maximum atomic E-state index is 11.8. The van der Waals surface area contributed by atoms with Crippen molar-refractivity contribution in [1.82, 2.24) is 10.2 Å². The molecule has 6 heteroatoms. The first kappa shape index (κ1) is 16.5. The highest BCUT2D eigenvalue weighted by atomic mass is 16.4. The first-order chi connectivity index (χ1) is 9.30. The highest BCUT2D eigenvalue weighted by molar-refractivity contribution is 5.80. The van der Waals surface area contributed by atoms with Gasteiger partial charge in [-0.2, -0.15) is 0 Å². The zero-order valence-electron chi connectivity index (χ0n) is 12.3. The Bertz CT molecular complexity index is 373. The van der Waals surface area contributed by atoms with Crippen LogP contribution in [0, 0.1) is 5.41 Å². The zero-order valence-corrected chi connectivity index (χ0v) is 12.3. The Morgan fingerprint density at radius 3 is 2.30 bits per heavy atom. The molecule has 2 N–H and O–H groups in total. The third-order valence-electron chi connectivity index (χ3n) is 3.39. The quantitative estimate of drug-likeness (QED) is 0.730. The van der Waals surface area contributed by atoms with Gasteiger partial charge in [-0.3, -0.25) is 14.4 Å². The fourth-order valence-electron chi connectivity index (χ4n) is 2.40. The topological polar surface area (TPSA) is 86.7 Å². The number of carboxylic acid groups (broad SMARTS) is 1. The van der Waals surface area contributed by atoms with Crippen molar-refractivity contribution in [3.05, 3.63) is 0 Å². The van der Waals surface area contributed by atoms with E-state index in [1.165, 1.54) is 0 Å². The molecule has 6 nitrogen and oxygen atoms in total. The Balaban J connectivity index is 2.22. The second-order valence-corrected chi connectivity index (χ2v) is 6.10. The average molecular weight is 284 g/mol. The van der Waals surface area contributed by atoms with Crippen LogP contribution in [0.5, 0.6) is 0 Å². The van der Waals surface area contributed by atoms with Gasteiger partial charge in [0.25, 0.3) is 0 Å². The number of carbonyl (C=O) groups is 3. The van der Waals surface area contributed by atoms with Crippen LogP contribution in [-0.2, 0) is 14.4 Å². The van der Waals surface area contributed by atoms with E-state index in [2.05, 4.69) is 5.32 Å². The third kappa shape index (κ3) is 6.04. The molecule has 1 aliphatic rings. The minimum absolute atomic E-state index is 0.0485. The van der Waals surface area contributed by atoms with Crippen LogP contribution < -0.4 is 5.32 Å². The van der Waals surface area contributed by atoms with Gasteiger partial charge in [0.15, 0.2) is 0 Å². The minimum Gasteiger partial charge on any atom is -0.481 e. The molecule has 0 aromatic heterocycles. The van der Waals surface area contributed by atoms with Crippen molar-refractivity contribution in [3.8, 4) is 0 Å². The van der Waals surface area contributed by atoms with E-state index in [9.17, 15) is 14.4 Å². The lowest BCUT2D eigenvalue weighted by Crippen LogP contribution is -2.34. The van der Waals surface area contributed by atoms with Gasteiger partial charge in [0.05, 0.1) is 6.42 Å². The van der Waals surface area contributed by atoms with Crippen LogP contribution >= 0.6 is 0 Å². The molecular weight excluding hydrogens is 260 g/mol. The maximum Gasteiger partial charge on any atom is 0.303 e. The predicted molar refractivity (Wildman–Crippen MR) is 74.1 cm³/mol. The molecule has 0 saturated carbocycles. The van der Waals surface area contributed by atoms with Crippen molar-refractivity contribution >= 4 is 17.8 Å². The minimum atomic E-state index is -0.910. The second-order valence-electron chi connectivity index (χ2n) is 6.10. The van der Waals surface area contributed by atoms with E-state index in [0.717, 1.165) is 25.9 Å². The lowest BCUT2D eigenvalue weighted by molar-refractivity contribution is -0.139. The first-order valence-corrected chi connectivity index (χ1v) is 7.06. The third-order valence-corrected chi connectivity index (χ3v) is 3.39. The molecule has 1 aliphatic heterocycles. The van der Waals surface area contributed by atoms with Gasteiger partial charge in [-0.25, -0.2) is 0 Å². The smallest absolute Gasteiger partial charge is 0.303 e. The molecule has 0 spiro atoms. The van der Waals surface area contributed by atoms with Gasteiger partial charge in [-0.05, 0) is 18.3 Å². The number of rotatable bonds is 7. The fourth-order valence-corrected chi connectivity index (χ4v) is 2.40. The Hall–Kier alpha value is -1.59. The van der Waals surface area contributed by atoms with Crippen LogP contribution in [0.2, 0.25) is 0 Å². The zero-order chi connectivity index (χ0) is 15.2. The van der Waals surface area contributed by atoms with Gasteiger partial charge in [-0.15, -0.1) is 0 Å². The van der Waals surface area contributed by atoms with Crippen LogP contribution in [0.15, 0.2) is 0 Å². The summed E-state index contributed by atoms with van der Waals surface area (Å²) in [6.45, 7) is 5.44. The molecule has 0 bridgehead atoms. The Morgan fingerprint density at radius 2 is 1.75 bits per heavy atom. The van der Waals surface area contributed by atoms with Crippen molar-refractivity contribution in [1.29, 1.82) is 0 Å². The average Bonchev–Trinajstić information content (AvgIpc) is 2.78. The molecule has 2 amide bonds. The lowest BCUT2D eigenvalue weighted by Gasteiger charge is -2.21. The molecule has 0 aromatic rings. The molecule has 0 aromatic carbocycles. The van der Waals surface area contributed by atoms with Gasteiger partial charge < -0.3 is 15.3 Å². The van der Waals surface area contributed by atoms with E-state index in [0.29, 0.717) is 13.0 Å². The second kappa shape index (κ2) is 7.26. The summed E-state index contributed by atoms with van der Waals surface area (Å²) in [4.78, 5) is 36.0. The van der Waals surface area contributed by atoms with Gasteiger partial charge >= 0.3 is 5.97 Å². The van der Waals surface area contributed by atoms with Crippen molar-refractivity contribution in [2.45, 2.75) is 46.0 Å². The van der Waals surface area contributed by atoms with E-state index >= 15 is 0 Å². The molecule has 0 radical (unpaired) electrons. The summed E-state index contributed by atoms with van der Waals surface area (Å²) >= 11 is 0. The summed E-state index contributed by atoms with van der Waals surface area (Å²) in [5.74, 6) is -1.04. The standard InChI is InChI=1S/C14H24N2O4/c1-14(2,10-13(19)20)9-11(17)15-6-5-12(18)16-7-3-4-8-16/h3-10H2,1-2H3,(H,15,17)(H,19,20). The van der Waals surface area contributed by atoms with E-state index in [1.807, 2.05) is 4.90 Å². The molecule has 1 rings (SSSR count). The van der Waals surface area contributed by atoms with Crippen molar-refractivity contribution < 1.29 is 19.5 Å². The number of nitrogens with one attached hydrogen (secondary N) is 1. The number of nitrogens with zero attached hydrogens (tertiary/aromatic N) is 1. The lowest BCUT2D eigenvalue weighted by atomic mass is 9.85. The molecule has 0 atom stereocenters. The Kier molecular flexibility index (Phi) is 5.98. The van der Waals surface area contributed by atoms with Gasteiger partial charge in [0.1, 0.15) is 0 Å². The highest BCUT2D eigenvalue weighted by Gasteiger charge is 2.25. The highest BCUT2D eigenvalue weighted by Crippen LogP contribution is 2.24. The van der Waals surface area contributed by atoms with Crippen molar-refractivity contribution in [2.24, 2.45) is 5.41 Å². The molecule has 114 valence electrons.